The van der Waals surface area contributed by atoms with Crippen molar-refractivity contribution in [2.24, 2.45) is 5.92 Å². The highest BCUT2D eigenvalue weighted by Gasteiger charge is 2.17. The number of hydrogen-bond donors (Lipinski definition) is 2. The predicted molar refractivity (Wildman–Crippen MR) is 61.1 cm³/mol. The summed E-state index contributed by atoms with van der Waals surface area (Å²) in [6, 6.07) is 6.38. The molecular formula is C11H16N2O3. The molecule has 0 heterocycles. The molecule has 0 aliphatic carbocycles. The molecule has 0 bridgehead atoms. The molecule has 0 unspecified atom stereocenters. The molecule has 1 aromatic carbocycles. The van der Waals surface area contributed by atoms with E-state index in [9.17, 15) is 10.1 Å². The van der Waals surface area contributed by atoms with Gasteiger partial charge in [0.1, 0.15) is 0 Å². The molecule has 5 nitrogen and oxygen atoms in total. The summed E-state index contributed by atoms with van der Waals surface area (Å²) in [4.78, 5) is 10.1. The first-order valence-electron chi connectivity index (χ1n) is 5.12. The largest absolute Gasteiger partial charge is 0.396 e. The molecule has 1 aromatic rings. The van der Waals surface area contributed by atoms with E-state index in [0.29, 0.717) is 0 Å². The minimum Gasteiger partial charge on any atom is -0.396 e. The van der Waals surface area contributed by atoms with Gasteiger partial charge in [0, 0.05) is 24.8 Å². The molecule has 0 aromatic heterocycles. The third kappa shape index (κ3) is 2.77. The molecule has 0 amide bonds. The SMILES string of the molecule is CN[C@H](c1ccc([N+](=O)[O-])cc1)[C@H](C)CO. The number of rotatable bonds is 5. The van der Waals surface area contributed by atoms with Crippen molar-refractivity contribution in [3.8, 4) is 0 Å². The van der Waals surface area contributed by atoms with Crippen LogP contribution in [-0.2, 0) is 0 Å². The summed E-state index contributed by atoms with van der Waals surface area (Å²) >= 11 is 0. The average Bonchev–Trinajstić information content (AvgIpc) is 2.30. The van der Waals surface area contributed by atoms with Gasteiger partial charge in [0.2, 0.25) is 0 Å². The number of nitro groups is 1. The molecule has 0 radical (unpaired) electrons. The second kappa shape index (κ2) is 5.58. The molecule has 2 atom stereocenters. The van der Waals surface area contributed by atoms with Crippen LogP contribution in [0.25, 0.3) is 0 Å². The molecule has 16 heavy (non-hydrogen) atoms. The molecule has 2 N–H and O–H groups in total. The van der Waals surface area contributed by atoms with Gasteiger partial charge >= 0.3 is 0 Å². The normalized spacial score (nSPS) is 14.4. The van der Waals surface area contributed by atoms with Gasteiger partial charge in [-0.2, -0.15) is 0 Å². The Bertz CT molecular complexity index is 351. The van der Waals surface area contributed by atoms with Crippen LogP contribution < -0.4 is 5.32 Å². The number of nitrogens with zero attached hydrogens (tertiary/aromatic N) is 1. The zero-order valence-electron chi connectivity index (χ0n) is 9.38. The third-order valence-corrected chi connectivity index (χ3v) is 2.63. The van der Waals surface area contributed by atoms with Gasteiger partial charge in [0.05, 0.1) is 4.92 Å². The van der Waals surface area contributed by atoms with Crippen molar-refractivity contribution in [2.45, 2.75) is 13.0 Å². The monoisotopic (exact) mass is 224 g/mol. The van der Waals surface area contributed by atoms with Crippen molar-refractivity contribution >= 4 is 5.69 Å². The van der Waals surface area contributed by atoms with Crippen LogP contribution in [0.2, 0.25) is 0 Å². The molecule has 1 rings (SSSR count). The molecule has 0 saturated carbocycles. The summed E-state index contributed by atoms with van der Waals surface area (Å²) in [7, 11) is 1.80. The maximum Gasteiger partial charge on any atom is 0.269 e. The second-order valence-electron chi connectivity index (χ2n) is 3.77. The van der Waals surface area contributed by atoms with Gasteiger partial charge in [-0.25, -0.2) is 0 Å². The van der Waals surface area contributed by atoms with Crippen LogP contribution >= 0.6 is 0 Å². The van der Waals surface area contributed by atoms with E-state index in [2.05, 4.69) is 5.32 Å². The lowest BCUT2D eigenvalue weighted by Gasteiger charge is -2.22. The van der Waals surface area contributed by atoms with E-state index in [0.717, 1.165) is 5.56 Å². The first-order chi connectivity index (χ1) is 7.60. The molecule has 5 heteroatoms. The molecule has 0 fully saturated rings. The fourth-order valence-corrected chi connectivity index (χ4v) is 1.69. The van der Waals surface area contributed by atoms with Crippen LogP contribution in [0.4, 0.5) is 5.69 Å². The Kier molecular flexibility index (Phi) is 4.39. The Morgan fingerprint density at radius 2 is 2.00 bits per heavy atom. The first kappa shape index (κ1) is 12.6. The van der Waals surface area contributed by atoms with Crippen molar-refractivity contribution in [3.05, 3.63) is 39.9 Å². The van der Waals surface area contributed by atoms with Gasteiger partial charge in [0.15, 0.2) is 0 Å². The summed E-state index contributed by atoms with van der Waals surface area (Å²) in [5, 5.41) is 22.7. The van der Waals surface area contributed by atoms with Crippen molar-refractivity contribution in [3.63, 3.8) is 0 Å². The highest BCUT2D eigenvalue weighted by Crippen LogP contribution is 2.23. The number of nitro benzene ring substituents is 1. The van der Waals surface area contributed by atoms with E-state index < -0.39 is 4.92 Å². The maximum atomic E-state index is 10.5. The highest BCUT2D eigenvalue weighted by atomic mass is 16.6. The van der Waals surface area contributed by atoms with Crippen LogP contribution in [-0.4, -0.2) is 23.7 Å². The number of benzene rings is 1. The Morgan fingerprint density at radius 1 is 1.44 bits per heavy atom. The number of aliphatic hydroxyl groups is 1. The van der Waals surface area contributed by atoms with Gasteiger partial charge in [-0.3, -0.25) is 10.1 Å². The van der Waals surface area contributed by atoms with Gasteiger partial charge in [-0.1, -0.05) is 19.1 Å². The van der Waals surface area contributed by atoms with Crippen LogP contribution in [0.5, 0.6) is 0 Å². The molecule has 0 saturated heterocycles. The quantitative estimate of drug-likeness (QED) is 0.586. The van der Waals surface area contributed by atoms with Crippen molar-refractivity contribution in [1.82, 2.24) is 5.32 Å². The minimum absolute atomic E-state index is 0.00537. The summed E-state index contributed by atoms with van der Waals surface area (Å²) < 4.78 is 0. The van der Waals surface area contributed by atoms with Crippen LogP contribution in [0.1, 0.15) is 18.5 Å². The van der Waals surface area contributed by atoms with Gasteiger partial charge in [-0.05, 0) is 18.5 Å². The van der Waals surface area contributed by atoms with Crippen molar-refractivity contribution in [2.75, 3.05) is 13.7 Å². The highest BCUT2D eigenvalue weighted by molar-refractivity contribution is 5.34. The van der Waals surface area contributed by atoms with Crippen molar-refractivity contribution < 1.29 is 10.0 Å². The average molecular weight is 224 g/mol. The Hall–Kier alpha value is -1.46. The van der Waals surface area contributed by atoms with Gasteiger partial charge < -0.3 is 10.4 Å². The molecule has 88 valence electrons. The molecule has 0 spiro atoms. The minimum atomic E-state index is -0.423. The maximum absolute atomic E-state index is 10.5. The van der Waals surface area contributed by atoms with Crippen molar-refractivity contribution in [1.29, 1.82) is 0 Å². The second-order valence-corrected chi connectivity index (χ2v) is 3.77. The fourth-order valence-electron chi connectivity index (χ4n) is 1.69. The fraction of sp³-hybridized carbons (Fsp3) is 0.455. The zero-order chi connectivity index (χ0) is 12.1. The first-order valence-corrected chi connectivity index (χ1v) is 5.12. The van der Waals surface area contributed by atoms with Gasteiger partial charge in [0.25, 0.3) is 5.69 Å². The van der Waals surface area contributed by atoms with E-state index in [-0.39, 0.29) is 24.3 Å². The van der Waals surface area contributed by atoms with E-state index in [1.165, 1.54) is 12.1 Å². The Balaban J connectivity index is 2.90. The summed E-state index contributed by atoms with van der Waals surface area (Å²) in [6.45, 7) is 1.99. The number of nitrogens with one attached hydrogen (secondary N) is 1. The Morgan fingerprint density at radius 3 is 2.38 bits per heavy atom. The zero-order valence-corrected chi connectivity index (χ0v) is 9.38. The molecule has 0 aliphatic rings. The van der Waals surface area contributed by atoms with Crippen LogP contribution in [0, 0.1) is 16.0 Å². The summed E-state index contributed by atoms with van der Waals surface area (Å²) in [5.74, 6) is 0.0615. The summed E-state index contributed by atoms with van der Waals surface area (Å²) in [5.41, 5.74) is 1.02. The standard InChI is InChI=1S/C11H16N2O3/c1-8(7-14)11(12-2)9-3-5-10(6-4-9)13(15)16/h3-6,8,11-12,14H,7H2,1-2H3/t8-,11+/m1/s1. The van der Waals surface area contributed by atoms with Crippen LogP contribution in [0.3, 0.4) is 0 Å². The van der Waals surface area contributed by atoms with E-state index in [1.807, 2.05) is 6.92 Å². The topological polar surface area (TPSA) is 75.4 Å². The number of aliphatic hydroxyl groups excluding tert-OH is 1. The number of hydrogen-bond acceptors (Lipinski definition) is 4. The predicted octanol–water partition coefficient (Wildman–Crippen LogP) is 1.48. The van der Waals surface area contributed by atoms with E-state index in [1.54, 1.807) is 19.2 Å². The van der Waals surface area contributed by atoms with Crippen LogP contribution in [0.15, 0.2) is 24.3 Å². The lowest BCUT2D eigenvalue weighted by atomic mass is 9.95. The lowest BCUT2D eigenvalue weighted by molar-refractivity contribution is -0.384. The summed E-state index contributed by atoms with van der Waals surface area (Å²) in [6.07, 6.45) is 0. The Labute approximate surface area is 94.3 Å². The molecular weight excluding hydrogens is 208 g/mol. The number of non-ortho nitro benzene ring substituents is 1. The smallest absolute Gasteiger partial charge is 0.269 e. The van der Waals surface area contributed by atoms with Gasteiger partial charge in [-0.15, -0.1) is 0 Å². The van der Waals surface area contributed by atoms with E-state index >= 15 is 0 Å². The van der Waals surface area contributed by atoms with E-state index in [4.69, 9.17) is 5.11 Å². The third-order valence-electron chi connectivity index (χ3n) is 2.63. The lowest BCUT2D eigenvalue weighted by Crippen LogP contribution is -2.25. The molecule has 0 aliphatic heterocycles.